The lowest BCUT2D eigenvalue weighted by atomic mass is 10.0. The number of hydrogen-bond acceptors (Lipinski definition) is 3. The number of carbonyl (C=O) groups excluding carboxylic acids is 2. The van der Waals surface area contributed by atoms with Gasteiger partial charge in [0.2, 0.25) is 5.78 Å². The number of hydrogen-bond donors (Lipinski definition) is 1. The quantitative estimate of drug-likeness (QED) is 0.633. The zero-order valence-electron chi connectivity index (χ0n) is 12.0. The first-order chi connectivity index (χ1) is 9.01. The van der Waals surface area contributed by atoms with E-state index in [1.54, 1.807) is 12.1 Å². The van der Waals surface area contributed by atoms with Crippen LogP contribution in [0.15, 0.2) is 12.1 Å². The fourth-order valence-electron chi connectivity index (χ4n) is 1.79. The van der Waals surface area contributed by atoms with Gasteiger partial charge in [-0.15, -0.1) is 0 Å². The molecule has 0 aliphatic rings. The van der Waals surface area contributed by atoms with E-state index in [2.05, 4.69) is 5.32 Å². The molecular weight excluding hydrogens is 242 g/mol. The highest BCUT2D eigenvalue weighted by atomic mass is 16.5. The van der Waals surface area contributed by atoms with Crippen LogP contribution in [0, 0.1) is 13.8 Å². The number of amides is 1. The standard InChI is InChI=1S/C15H21NO3/c1-5-7-16-15(18)14(17)12-8-11(4)13(19-6-2)9-10(12)3/h8-9H,5-7H2,1-4H3,(H,16,18). The van der Waals surface area contributed by atoms with Crippen molar-refractivity contribution in [3.8, 4) is 5.75 Å². The lowest BCUT2D eigenvalue weighted by molar-refractivity contribution is -0.117. The Morgan fingerprint density at radius 2 is 1.84 bits per heavy atom. The molecule has 0 saturated carbocycles. The van der Waals surface area contributed by atoms with Crippen LogP contribution in [0.3, 0.4) is 0 Å². The Morgan fingerprint density at radius 3 is 2.42 bits per heavy atom. The van der Waals surface area contributed by atoms with Gasteiger partial charge in [0.1, 0.15) is 5.75 Å². The molecule has 0 fully saturated rings. The third-order valence-electron chi connectivity index (χ3n) is 2.81. The lowest BCUT2D eigenvalue weighted by Gasteiger charge is -2.11. The van der Waals surface area contributed by atoms with Crippen molar-refractivity contribution in [2.45, 2.75) is 34.1 Å². The summed E-state index contributed by atoms with van der Waals surface area (Å²) >= 11 is 0. The molecule has 0 unspecified atom stereocenters. The van der Waals surface area contributed by atoms with Crippen LogP contribution in [0.1, 0.15) is 41.8 Å². The maximum Gasteiger partial charge on any atom is 0.292 e. The summed E-state index contributed by atoms with van der Waals surface area (Å²) in [6.45, 7) is 8.61. The van der Waals surface area contributed by atoms with E-state index in [1.165, 1.54) is 0 Å². The van der Waals surface area contributed by atoms with E-state index < -0.39 is 11.7 Å². The van der Waals surface area contributed by atoms with Gasteiger partial charge in [-0.3, -0.25) is 9.59 Å². The van der Waals surface area contributed by atoms with Crippen molar-refractivity contribution < 1.29 is 14.3 Å². The molecule has 1 amide bonds. The molecule has 19 heavy (non-hydrogen) atoms. The zero-order chi connectivity index (χ0) is 14.4. The number of ketones is 1. The van der Waals surface area contributed by atoms with Gasteiger partial charge in [0.15, 0.2) is 0 Å². The highest BCUT2D eigenvalue weighted by Crippen LogP contribution is 2.23. The first-order valence-corrected chi connectivity index (χ1v) is 6.57. The Kier molecular flexibility index (Phi) is 5.55. The molecule has 1 rings (SSSR count). The van der Waals surface area contributed by atoms with Crippen molar-refractivity contribution in [2.75, 3.05) is 13.2 Å². The van der Waals surface area contributed by atoms with Gasteiger partial charge in [0.05, 0.1) is 6.61 Å². The van der Waals surface area contributed by atoms with E-state index in [4.69, 9.17) is 4.74 Å². The second-order valence-electron chi connectivity index (χ2n) is 4.45. The van der Waals surface area contributed by atoms with E-state index in [9.17, 15) is 9.59 Å². The van der Waals surface area contributed by atoms with Crippen LogP contribution < -0.4 is 10.1 Å². The number of ether oxygens (including phenoxy) is 1. The molecule has 0 radical (unpaired) electrons. The molecule has 1 N–H and O–H groups in total. The Labute approximate surface area is 114 Å². The Bertz CT molecular complexity index is 481. The number of nitrogens with one attached hydrogen (secondary N) is 1. The Balaban J connectivity index is 2.98. The first-order valence-electron chi connectivity index (χ1n) is 6.57. The molecule has 0 atom stereocenters. The van der Waals surface area contributed by atoms with E-state index >= 15 is 0 Å². The van der Waals surface area contributed by atoms with Crippen molar-refractivity contribution in [3.05, 3.63) is 28.8 Å². The van der Waals surface area contributed by atoms with Gasteiger partial charge in [-0.2, -0.15) is 0 Å². The van der Waals surface area contributed by atoms with E-state index in [0.29, 0.717) is 18.7 Å². The van der Waals surface area contributed by atoms with Crippen molar-refractivity contribution in [2.24, 2.45) is 0 Å². The SMILES string of the molecule is CCCNC(=O)C(=O)c1cc(C)c(OCC)cc1C. The predicted molar refractivity (Wildman–Crippen MR) is 74.7 cm³/mol. The molecule has 0 saturated heterocycles. The fraction of sp³-hybridized carbons (Fsp3) is 0.467. The number of rotatable bonds is 6. The summed E-state index contributed by atoms with van der Waals surface area (Å²) in [4.78, 5) is 23.7. The summed E-state index contributed by atoms with van der Waals surface area (Å²) in [5, 5.41) is 2.60. The maximum absolute atomic E-state index is 12.0. The van der Waals surface area contributed by atoms with E-state index in [0.717, 1.165) is 23.3 Å². The minimum absolute atomic E-state index is 0.439. The summed E-state index contributed by atoms with van der Waals surface area (Å²) in [5.41, 5.74) is 2.05. The number of benzene rings is 1. The van der Waals surface area contributed by atoms with E-state index in [-0.39, 0.29) is 0 Å². The molecule has 104 valence electrons. The van der Waals surface area contributed by atoms with Crippen LogP contribution in [0.5, 0.6) is 5.75 Å². The van der Waals surface area contributed by atoms with Crippen LogP contribution in [-0.4, -0.2) is 24.8 Å². The van der Waals surface area contributed by atoms with Crippen molar-refractivity contribution >= 4 is 11.7 Å². The number of Topliss-reactive ketones (excluding diaryl/α,β-unsaturated/α-hetero) is 1. The van der Waals surface area contributed by atoms with Gasteiger partial charge in [-0.25, -0.2) is 0 Å². The third-order valence-corrected chi connectivity index (χ3v) is 2.81. The highest BCUT2D eigenvalue weighted by Gasteiger charge is 2.19. The lowest BCUT2D eigenvalue weighted by Crippen LogP contribution is -2.32. The average Bonchev–Trinajstić information content (AvgIpc) is 2.39. The maximum atomic E-state index is 12.0. The summed E-state index contributed by atoms with van der Waals surface area (Å²) < 4.78 is 5.47. The van der Waals surface area contributed by atoms with Gasteiger partial charge in [0.25, 0.3) is 5.91 Å². The van der Waals surface area contributed by atoms with Crippen LogP contribution in [0.4, 0.5) is 0 Å². The van der Waals surface area contributed by atoms with Crippen LogP contribution in [0.2, 0.25) is 0 Å². The summed E-state index contributed by atoms with van der Waals surface area (Å²) in [6.07, 6.45) is 0.806. The zero-order valence-corrected chi connectivity index (χ0v) is 12.0. The smallest absolute Gasteiger partial charge is 0.292 e. The minimum atomic E-state index is -0.548. The van der Waals surface area contributed by atoms with Crippen LogP contribution >= 0.6 is 0 Å². The van der Waals surface area contributed by atoms with Crippen molar-refractivity contribution in [1.29, 1.82) is 0 Å². The molecular formula is C15H21NO3. The molecule has 4 nitrogen and oxygen atoms in total. The van der Waals surface area contributed by atoms with Gasteiger partial charge in [-0.05, 0) is 50.5 Å². The fourth-order valence-corrected chi connectivity index (χ4v) is 1.79. The average molecular weight is 263 g/mol. The summed E-state index contributed by atoms with van der Waals surface area (Å²) in [7, 11) is 0. The molecule has 1 aromatic rings. The molecule has 0 aliphatic heterocycles. The van der Waals surface area contributed by atoms with Crippen LogP contribution in [-0.2, 0) is 4.79 Å². The topological polar surface area (TPSA) is 55.4 Å². The first kappa shape index (κ1) is 15.2. The van der Waals surface area contributed by atoms with Crippen molar-refractivity contribution in [1.82, 2.24) is 5.32 Å². The summed E-state index contributed by atoms with van der Waals surface area (Å²) in [6, 6.07) is 3.52. The number of carbonyl (C=O) groups is 2. The third kappa shape index (κ3) is 3.81. The molecule has 0 bridgehead atoms. The monoisotopic (exact) mass is 263 g/mol. The van der Waals surface area contributed by atoms with Gasteiger partial charge in [-0.1, -0.05) is 6.92 Å². The van der Waals surface area contributed by atoms with Crippen molar-refractivity contribution in [3.63, 3.8) is 0 Å². The minimum Gasteiger partial charge on any atom is -0.494 e. The predicted octanol–water partition coefficient (Wildman–Crippen LogP) is 2.41. The molecule has 1 aromatic carbocycles. The Hall–Kier alpha value is -1.84. The highest BCUT2D eigenvalue weighted by molar-refractivity contribution is 6.43. The molecule has 0 aliphatic carbocycles. The van der Waals surface area contributed by atoms with Gasteiger partial charge < -0.3 is 10.1 Å². The molecule has 4 heteroatoms. The molecule has 0 heterocycles. The molecule has 0 aromatic heterocycles. The van der Waals surface area contributed by atoms with Gasteiger partial charge in [0, 0.05) is 12.1 Å². The second-order valence-corrected chi connectivity index (χ2v) is 4.45. The van der Waals surface area contributed by atoms with Gasteiger partial charge >= 0.3 is 0 Å². The normalized spacial score (nSPS) is 10.1. The Morgan fingerprint density at radius 1 is 1.16 bits per heavy atom. The second kappa shape index (κ2) is 6.92. The van der Waals surface area contributed by atoms with Crippen LogP contribution in [0.25, 0.3) is 0 Å². The summed E-state index contributed by atoms with van der Waals surface area (Å²) in [5.74, 6) is -0.281. The van der Waals surface area contributed by atoms with E-state index in [1.807, 2.05) is 27.7 Å². The number of aryl methyl sites for hydroxylation is 2. The largest absolute Gasteiger partial charge is 0.494 e. The molecule has 0 spiro atoms.